The molecule has 2 heterocycles. The van der Waals surface area contributed by atoms with E-state index in [9.17, 15) is 10.1 Å². The quantitative estimate of drug-likeness (QED) is 0.351. The van der Waals surface area contributed by atoms with E-state index < -0.39 is 0 Å². The minimum atomic E-state index is -0.269. The first kappa shape index (κ1) is 18.3. The number of ketones is 1. The number of hydrogen-bond donors (Lipinski definition) is 0. The highest BCUT2D eigenvalue weighted by molar-refractivity contribution is 8.03. The van der Waals surface area contributed by atoms with Crippen LogP contribution < -0.4 is 4.90 Å². The Morgan fingerprint density at radius 1 is 1.18 bits per heavy atom. The van der Waals surface area contributed by atoms with Crippen molar-refractivity contribution < 1.29 is 9.21 Å². The van der Waals surface area contributed by atoms with Crippen LogP contribution in [-0.2, 0) is 4.79 Å². The Bertz CT molecular complexity index is 1100. The Morgan fingerprint density at radius 2 is 1.93 bits per heavy atom. The molecule has 0 N–H and O–H groups in total. The van der Waals surface area contributed by atoms with Crippen LogP contribution in [0.25, 0.3) is 11.5 Å². The molecule has 1 aromatic heterocycles. The molecular formula is C20H14N4O2S2. The molecule has 0 bridgehead atoms. The zero-order valence-corrected chi connectivity index (χ0v) is 16.5. The fraction of sp³-hybridized carbons (Fsp3) is 0.100. The summed E-state index contributed by atoms with van der Waals surface area (Å²) >= 11 is 2.56. The fourth-order valence-electron chi connectivity index (χ4n) is 2.72. The molecule has 1 aliphatic heterocycles. The van der Waals surface area contributed by atoms with Crippen molar-refractivity contribution in [1.82, 2.24) is 10.2 Å². The van der Waals surface area contributed by atoms with Gasteiger partial charge in [-0.05, 0) is 24.3 Å². The number of para-hydroxylation sites is 1. The van der Waals surface area contributed by atoms with Gasteiger partial charge in [-0.15, -0.1) is 10.2 Å². The summed E-state index contributed by atoms with van der Waals surface area (Å²) in [6.45, 7) is 0. The highest BCUT2D eigenvalue weighted by atomic mass is 32.2. The fourth-order valence-corrected chi connectivity index (χ4v) is 4.51. The number of carbonyl (C=O) groups is 1. The molecule has 0 aliphatic carbocycles. The number of benzene rings is 2. The van der Waals surface area contributed by atoms with E-state index in [1.165, 1.54) is 11.8 Å². The molecule has 0 atom stereocenters. The van der Waals surface area contributed by atoms with Crippen molar-refractivity contribution in [2.45, 2.75) is 10.1 Å². The van der Waals surface area contributed by atoms with E-state index in [0.29, 0.717) is 16.1 Å². The molecule has 0 radical (unpaired) electrons. The predicted molar refractivity (Wildman–Crippen MR) is 109 cm³/mol. The molecule has 6 nitrogen and oxygen atoms in total. The van der Waals surface area contributed by atoms with Gasteiger partial charge >= 0.3 is 0 Å². The molecule has 0 amide bonds. The number of hydrogen-bond acceptors (Lipinski definition) is 8. The molecule has 1 aliphatic rings. The van der Waals surface area contributed by atoms with E-state index in [1.807, 2.05) is 66.5 Å². The molecule has 28 heavy (non-hydrogen) atoms. The van der Waals surface area contributed by atoms with E-state index in [1.54, 1.807) is 0 Å². The van der Waals surface area contributed by atoms with Crippen molar-refractivity contribution in [3.8, 4) is 17.5 Å². The van der Waals surface area contributed by atoms with Gasteiger partial charge in [-0.25, -0.2) is 0 Å². The maximum Gasteiger partial charge on any atom is 0.277 e. The van der Waals surface area contributed by atoms with Crippen molar-refractivity contribution in [3.05, 3.63) is 65.2 Å². The second-order valence-corrected chi connectivity index (χ2v) is 7.83. The third kappa shape index (κ3) is 3.54. The van der Waals surface area contributed by atoms with Crippen LogP contribution in [0.1, 0.15) is 0 Å². The Kier molecular flexibility index (Phi) is 5.19. The number of rotatable bonds is 5. The third-order valence-corrected chi connectivity index (χ3v) is 6.15. The number of carbonyl (C=O) groups excluding carboxylic acids is 1. The zero-order valence-electron chi connectivity index (χ0n) is 14.8. The van der Waals surface area contributed by atoms with E-state index >= 15 is 0 Å². The maximum absolute atomic E-state index is 12.7. The molecule has 0 spiro atoms. The smallest absolute Gasteiger partial charge is 0.277 e. The Balaban J connectivity index is 1.48. The molecule has 0 unspecified atom stereocenters. The lowest BCUT2D eigenvalue weighted by molar-refractivity contribution is -0.112. The minimum Gasteiger partial charge on any atom is -0.411 e. The summed E-state index contributed by atoms with van der Waals surface area (Å²) in [5.41, 5.74) is 1.94. The molecule has 0 saturated carbocycles. The Hall–Kier alpha value is -3.02. The molecule has 0 fully saturated rings. The van der Waals surface area contributed by atoms with Crippen LogP contribution in [0.2, 0.25) is 0 Å². The summed E-state index contributed by atoms with van der Waals surface area (Å²) in [5, 5.41) is 18.5. The average Bonchev–Trinajstić information content (AvgIpc) is 3.33. The highest BCUT2D eigenvalue weighted by Crippen LogP contribution is 2.46. The average molecular weight is 406 g/mol. The number of Topliss-reactive ketones (excluding diaryl/α,β-unsaturated/α-hetero) is 1. The van der Waals surface area contributed by atoms with Gasteiger partial charge < -0.3 is 9.32 Å². The van der Waals surface area contributed by atoms with Crippen LogP contribution in [0, 0.1) is 11.3 Å². The minimum absolute atomic E-state index is 0.0492. The molecule has 4 rings (SSSR count). The van der Waals surface area contributed by atoms with Crippen molar-refractivity contribution >= 4 is 35.0 Å². The summed E-state index contributed by atoms with van der Waals surface area (Å²) in [5.74, 6) is 0.179. The topological polar surface area (TPSA) is 83.0 Å². The molecule has 3 aromatic rings. The van der Waals surface area contributed by atoms with Gasteiger partial charge in [0.15, 0.2) is 5.78 Å². The van der Waals surface area contributed by atoms with Crippen LogP contribution in [0.5, 0.6) is 0 Å². The summed E-state index contributed by atoms with van der Waals surface area (Å²) < 4.78 is 5.60. The monoisotopic (exact) mass is 406 g/mol. The van der Waals surface area contributed by atoms with E-state index in [-0.39, 0.29) is 17.1 Å². The highest BCUT2D eigenvalue weighted by Gasteiger charge is 2.28. The van der Waals surface area contributed by atoms with Crippen LogP contribution >= 0.6 is 23.5 Å². The van der Waals surface area contributed by atoms with Gasteiger partial charge in [0.25, 0.3) is 5.22 Å². The Labute approximate surface area is 170 Å². The zero-order chi connectivity index (χ0) is 19.5. The van der Waals surface area contributed by atoms with Gasteiger partial charge in [0.05, 0.1) is 11.4 Å². The van der Waals surface area contributed by atoms with Gasteiger partial charge in [-0.2, -0.15) is 5.26 Å². The third-order valence-electron chi connectivity index (χ3n) is 4.10. The second-order valence-electron chi connectivity index (χ2n) is 5.87. The summed E-state index contributed by atoms with van der Waals surface area (Å²) in [7, 11) is 1.86. The van der Waals surface area contributed by atoms with Crippen LogP contribution in [-0.4, -0.2) is 28.8 Å². The van der Waals surface area contributed by atoms with Gasteiger partial charge in [0.2, 0.25) is 5.89 Å². The van der Waals surface area contributed by atoms with Crippen molar-refractivity contribution in [2.75, 3.05) is 17.7 Å². The number of aromatic nitrogens is 2. The number of fused-ring (bicyclic) bond motifs is 1. The normalized spacial score (nSPS) is 14.5. The van der Waals surface area contributed by atoms with Gasteiger partial charge in [-0.3, -0.25) is 4.79 Å². The maximum atomic E-state index is 12.7. The standard InChI is InChI=1S/C20H14N4O2S2/c1-24-15-9-5-6-10-17(15)28-19(24)14(11-21)16(25)12-27-20-23-22-18(26-20)13-7-3-2-4-8-13/h2-10H,12H2,1H3/b19-14-. The summed E-state index contributed by atoms with van der Waals surface area (Å²) in [6, 6.07) is 19.3. The largest absolute Gasteiger partial charge is 0.411 e. The van der Waals surface area contributed by atoms with Crippen molar-refractivity contribution in [2.24, 2.45) is 0 Å². The number of nitrogens with zero attached hydrogens (tertiary/aromatic N) is 4. The van der Waals surface area contributed by atoms with Crippen LogP contribution in [0.4, 0.5) is 5.69 Å². The lowest BCUT2D eigenvalue weighted by Gasteiger charge is -2.14. The lowest BCUT2D eigenvalue weighted by Crippen LogP contribution is -2.16. The molecular weight excluding hydrogens is 392 g/mol. The number of nitriles is 1. The number of allylic oxidation sites excluding steroid dienone is 1. The SMILES string of the molecule is CN1/C(=C(\C#N)C(=O)CSc2nnc(-c3ccccc3)o2)Sc2ccccc21. The van der Waals surface area contributed by atoms with Crippen molar-refractivity contribution in [3.63, 3.8) is 0 Å². The first-order valence-electron chi connectivity index (χ1n) is 8.37. The van der Waals surface area contributed by atoms with E-state index in [0.717, 1.165) is 27.9 Å². The van der Waals surface area contributed by atoms with Gasteiger partial charge in [-0.1, -0.05) is 53.9 Å². The van der Waals surface area contributed by atoms with Gasteiger partial charge in [0, 0.05) is 17.5 Å². The molecule has 8 heteroatoms. The second kappa shape index (κ2) is 7.92. The summed E-state index contributed by atoms with van der Waals surface area (Å²) in [6.07, 6.45) is 0. The van der Waals surface area contributed by atoms with Crippen LogP contribution in [0.15, 0.2) is 79.7 Å². The number of thioether (sulfide) groups is 2. The van der Waals surface area contributed by atoms with E-state index in [2.05, 4.69) is 16.3 Å². The predicted octanol–water partition coefficient (Wildman–Crippen LogP) is 4.38. The molecule has 0 saturated heterocycles. The Morgan fingerprint density at radius 3 is 2.68 bits per heavy atom. The van der Waals surface area contributed by atoms with Crippen LogP contribution in [0.3, 0.4) is 0 Å². The van der Waals surface area contributed by atoms with E-state index in [4.69, 9.17) is 4.42 Å². The molecule has 138 valence electrons. The first-order valence-corrected chi connectivity index (χ1v) is 10.2. The summed E-state index contributed by atoms with van der Waals surface area (Å²) in [4.78, 5) is 15.6. The number of anilines is 1. The van der Waals surface area contributed by atoms with Gasteiger partial charge in [0.1, 0.15) is 16.7 Å². The lowest BCUT2D eigenvalue weighted by atomic mass is 10.2. The van der Waals surface area contributed by atoms with Crippen molar-refractivity contribution in [1.29, 1.82) is 5.26 Å². The first-order chi connectivity index (χ1) is 13.7. The molecule has 2 aromatic carbocycles.